The maximum absolute atomic E-state index is 12.7. The number of piperazine rings is 1. The van der Waals surface area contributed by atoms with Gasteiger partial charge in [0.05, 0.1) is 10.4 Å². The third-order valence-corrected chi connectivity index (χ3v) is 9.14. The highest BCUT2D eigenvalue weighted by Crippen LogP contribution is 2.28. The molecule has 1 saturated carbocycles. The van der Waals surface area contributed by atoms with Crippen LogP contribution < -0.4 is 5.32 Å². The van der Waals surface area contributed by atoms with Gasteiger partial charge in [-0.25, -0.2) is 8.42 Å². The first-order valence-corrected chi connectivity index (χ1v) is 12.3. The van der Waals surface area contributed by atoms with Crippen LogP contribution in [0.2, 0.25) is 4.34 Å². The van der Waals surface area contributed by atoms with E-state index in [1.54, 1.807) is 12.1 Å². The van der Waals surface area contributed by atoms with Gasteiger partial charge in [0.15, 0.2) is 0 Å². The van der Waals surface area contributed by atoms with Gasteiger partial charge in [0.1, 0.15) is 4.21 Å². The van der Waals surface area contributed by atoms with Crippen molar-refractivity contribution in [3.63, 3.8) is 0 Å². The molecule has 0 bridgehead atoms. The highest BCUT2D eigenvalue weighted by atomic mass is 35.5. The average molecular weight is 434 g/mol. The predicted molar refractivity (Wildman–Crippen MR) is 109 cm³/mol. The van der Waals surface area contributed by atoms with Crippen molar-refractivity contribution in [2.45, 2.75) is 61.7 Å². The number of nitrogens with one attached hydrogen (secondary N) is 1. The smallest absolute Gasteiger partial charge is 0.252 e. The minimum atomic E-state index is -3.50. The van der Waals surface area contributed by atoms with Gasteiger partial charge < -0.3 is 5.32 Å². The van der Waals surface area contributed by atoms with Gasteiger partial charge in [-0.3, -0.25) is 9.69 Å². The van der Waals surface area contributed by atoms with Crippen LogP contribution in [0.4, 0.5) is 0 Å². The molecule has 6 nitrogen and oxygen atoms in total. The van der Waals surface area contributed by atoms with Crippen molar-refractivity contribution >= 4 is 38.9 Å². The van der Waals surface area contributed by atoms with Gasteiger partial charge in [0, 0.05) is 32.2 Å². The number of carbonyl (C=O) groups is 1. The van der Waals surface area contributed by atoms with Gasteiger partial charge in [-0.15, -0.1) is 11.3 Å². The molecule has 152 valence electrons. The monoisotopic (exact) mass is 433 g/mol. The molecule has 27 heavy (non-hydrogen) atoms. The van der Waals surface area contributed by atoms with Crippen LogP contribution in [0, 0.1) is 0 Å². The van der Waals surface area contributed by atoms with Crippen molar-refractivity contribution in [2.75, 3.05) is 26.2 Å². The lowest BCUT2D eigenvalue weighted by Gasteiger charge is -2.37. The zero-order chi connectivity index (χ0) is 19.4. The molecule has 0 spiro atoms. The van der Waals surface area contributed by atoms with Gasteiger partial charge in [0.2, 0.25) is 5.91 Å². The summed E-state index contributed by atoms with van der Waals surface area (Å²) < 4.78 is 27.6. The zero-order valence-electron chi connectivity index (χ0n) is 15.7. The number of halogens is 1. The summed E-state index contributed by atoms with van der Waals surface area (Å²) in [6, 6.07) is 3.20. The molecule has 1 aromatic rings. The number of carbonyl (C=O) groups excluding carboxylic acids is 1. The van der Waals surface area contributed by atoms with Crippen molar-refractivity contribution in [2.24, 2.45) is 0 Å². The van der Waals surface area contributed by atoms with Crippen molar-refractivity contribution in [1.29, 1.82) is 0 Å². The Balaban J connectivity index is 1.52. The third-order valence-electron chi connectivity index (χ3n) is 5.54. The highest BCUT2D eigenvalue weighted by Gasteiger charge is 2.33. The van der Waals surface area contributed by atoms with Crippen LogP contribution in [0.15, 0.2) is 16.3 Å². The van der Waals surface area contributed by atoms with Gasteiger partial charge in [-0.1, -0.05) is 37.3 Å². The number of amides is 1. The largest absolute Gasteiger partial charge is 0.352 e. The van der Waals surface area contributed by atoms with Gasteiger partial charge in [-0.05, 0) is 31.9 Å². The van der Waals surface area contributed by atoms with Crippen molar-refractivity contribution in [3.8, 4) is 0 Å². The summed E-state index contributed by atoms with van der Waals surface area (Å²) in [5.41, 5.74) is 0. The molecule has 1 amide bonds. The van der Waals surface area contributed by atoms with E-state index in [1.807, 2.05) is 6.92 Å². The fourth-order valence-corrected chi connectivity index (χ4v) is 6.87. The van der Waals surface area contributed by atoms with E-state index in [4.69, 9.17) is 11.6 Å². The Morgan fingerprint density at radius 2 is 1.78 bits per heavy atom. The Hall–Kier alpha value is -0.670. The summed E-state index contributed by atoms with van der Waals surface area (Å²) in [5.74, 6) is 0.0586. The lowest BCUT2D eigenvalue weighted by Crippen LogP contribution is -2.55. The maximum Gasteiger partial charge on any atom is 0.252 e. The second kappa shape index (κ2) is 9.22. The molecule has 1 unspecified atom stereocenters. The Bertz CT molecular complexity index is 737. The molecule has 0 radical (unpaired) electrons. The standard InChI is InChI=1S/C18H28ClN3O3S2/c1-14(18(23)20-15-6-4-2-3-5-7-15)21-10-12-22(13-11-21)27(24,25)17-9-8-16(19)26-17/h8-9,14-15H,2-7,10-13H2,1H3,(H,20,23). The van der Waals surface area contributed by atoms with Crippen LogP contribution in [0.25, 0.3) is 0 Å². The van der Waals surface area contributed by atoms with Gasteiger partial charge in [0.25, 0.3) is 10.0 Å². The molecular weight excluding hydrogens is 406 g/mol. The average Bonchev–Trinajstić information content (AvgIpc) is 2.95. The Morgan fingerprint density at radius 3 is 2.33 bits per heavy atom. The van der Waals surface area contributed by atoms with E-state index in [9.17, 15) is 13.2 Å². The summed E-state index contributed by atoms with van der Waals surface area (Å²) in [6.45, 7) is 3.79. The van der Waals surface area contributed by atoms with E-state index in [0.717, 1.165) is 24.2 Å². The molecule has 2 fully saturated rings. The van der Waals surface area contributed by atoms with Crippen LogP contribution >= 0.6 is 22.9 Å². The molecule has 2 aliphatic rings. The van der Waals surface area contributed by atoms with Gasteiger partial charge >= 0.3 is 0 Å². The van der Waals surface area contributed by atoms with Crippen molar-refractivity contribution in [3.05, 3.63) is 16.5 Å². The topological polar surface area (TPSA) is 69.7 Å². The number of rotatable bonds is 5. The van der Waals surface area contributed by atoms with E-state index in [0.29, 0.717) is 30.5 Å². The van der Waals surface area contributed by atoms with E-state index in [2.05, 4.69) is 10.2 Å². The van der Waals surface area contributed by atoms with E-state index >= 15 is 0 Å². The third kappa shape index (κ3) is 5.23. The van der Waals surface area contributed by atoms with Crippen LogP contribution in [-0.2, 0) is 14.8 Å². The summed E-state index contributed by atoms with van der Waals surface area (Å²) in [6.07, 6.45) is 7.01. The number of nitrogens with zero attached hydrogens (tertiary/aromatic N) is 2. The molecule has 2 heterocycles. The quantitative estimate of drug-likeness (QED) is 0.725. The van der Waals surface area contributed by atoms with Crippen LogP contribution in [0.3, 0.4) is 0 Å². The molecular formula is C18H28ClN3O3S2. The molecule has 1 aliphatic carbocycles. The lowest BCUT2D eigenvalue weighted by atomic mass is 10.1. The molecule has 0 aromatic carbocycles. The first-order chi connectivity index (χ1) is 12.9. The van der Waals surface area contributed by atoms with E-state index < -0.39 is 10.0 Å². The molecule has 1 saturated heterocycles. The molecule has 9 heteroatoms. The summed E-state index contributed by atoms with van der Waals surface area (Å²) in [7, 11) is -3.50. The molecule has 1 aliphatic heterocycles. The summed E-state index contributed by atoms with van der Waals surface area (Å²) in [5, 5.41) is 3.20. The number of sulfonamides is 1. The number of thiophene rings is 1. The SMILES string of the molecule is CC(C(=O)NC1CCCCCC1)N1CCN(S(=O)(=O)c2ccc(Cl)s2)CC1. The Labute approximate surface area is 170 Å². The fraction of sp³-hybridized carbons (Fsp3) is 0.722. The number of hydrogen-bond donors (Lipinski definition) is 1. The zero-order valence-corrected chi connectivity index (χ0v) is 18.1. The first kappa shape index (κ1) is 21.0. The van der Waals surface area contributed by atoms with Crippen LogP contribution in [0.1, 0.15) is 45.4 Å². The maximum atomic E-state index is 12.7. The second-order valence-corrected chi connectivity index (χ2v) is 11.3. The molecule has 3 rings (SSSR count). The van der Waals surface area contributed by atoms with Crippen molar-refractivity contribution < 1.29 is 13.2 Å². The lowest BCUT2D eigenvalue weighted by molar-refractivity contribution is -0.127. The predicted octanol–water partition coefficient (Wildman–Crippen LogP) is 2.94. The fourth-order valence-electron chi connectivity index (χ4n) is 3.81. The van der Waals surface area contributed by atoms with Crippen LogP contribution in [-0.4, -0.2) is 61.8 Å². The number of hydrogen-bond acceptors (Lipinski definition) is 5. The molecule has 1 atom stereocenters. The second-order valence-electron chi connectivity index (χ2n) is 7.37. The normalized spacial score (nSPS) is 22.3. The van der Waals surface area contributed by atoms with E-state index in [1.165, 1.54) is 30.0 Å². The molecule has 1 aromatic heterocycles. The molecule has 1 N–H and O–H groups in total. The summed E-state index contributed by atoms with van der Waals surface area (Å²) >= 11 is 6.96. The van der Waals surface area contributed by atoms with Crippen LogP contribution in [0.5, 0.6) is 0 Å². The summed E-state index contributed by atoms with van der Waals surface area (Å²) in [4.78, 5) is 14.7. The first-order valence-electron chi connectivity index (χ1n) is 9.68. The highest BCUT2D eigenvalue weighted by molar-refractivity contribution is 7.91. The minimum absolute atomic E-state index is 0.0586. The van der Waals surface area contributed by atoms with E-state index in [-0.39, 0.29) is 22.2 Å². The Morgan fingerprint density at radius 1 is 1.15 bits per heavy atom. The van der Waals surface area contributed by atoms with Gasteiger partial charge in [-0.2, -0.15) is 4.31 Å². The van der Waals surface area contributed by atoms with Crippen molar-refractivity contribution in [1.82, 2.24) is 14.5 Å². The Kier molecular flexibility index (Phi) is 7.19. The minimum Gasteiger partial charge on any atom is -0.352 e.